The molecule has 1 unspecified atom stereocenters. The van der Waals surface area contributed by atoms with Crippen molar-refractivity contribution in [2.24, 2.45) is 5.10 Å². The van der Waals surface area contributed by atoms with Crippen molar-refractivity contribution in [2.45, 2.75) is 43.0 Å². The summed E-state index contributed by atoms with van der Waals surface area (Å²) in [5, 5.41) is 37.4. The van der Waals surface area contributed by atoms with Gasteiger partial charge in [0.15, 0.2) is 11.5 Å². The number of hydrogen-bond donors (Lipinski definition) is 2. The van der Waals surface area contributed by atoms with Crippen molar-refractivity contribution < 1.29 is 36.5 Å². The number of nitrogens with zero attached hydrogens (tertiary/aromatic N) is 4. The molecule has 1 atom stereocenters. The van der Waals surface area contributed by atoms with E-state index in [4.69, 9.17) is 4.74 Å². The minimum atomic E-state index is -4.48. The summed E-state index contributed by atoms with van der Waals surface area (Å²) in [6.07, 6.45) is 0.0432. The molecule has 1 heterocycles. The topological polar surface area (TPSA) is 212 Å². The number of aryl methyl sites for hydroxylation is 2. The van der Waals surface area contributed by atoms with E-state index in [0.29, 0.717) is 22.4 Å². The highest BCUT2D eigenvalue weighted by Crippen LogP contribution is 2.41. The highest BCUT2D eigenvalue weighted by Gasteiger charge is 2.39. The van der Waals surface area contributed by atoms with Crippen LogP contribution < -0.4 is 9.46 Å². The van der Waals surface area contributed by atoms with E-state index in [-0.39, 0.29) is 51.3 Å². The fourth-order valence-electron chi connectivity index (χ4n) is 5.16. The summed E-state index contributed by atoms with van der Waals surface area (Å²) in [4.78, 5) is 20.7. The van der Waals surface area contributed by atoms with E-state index in [9.17, 15) is 42.2 Å². The number of nitrogens with one attached hydrogen (secondary N) is 1. The molecule has 1 aliphatic heterocycles. The fourth-order valence-corrected chi connectivity index (χ4v) is 8.16. The van der Waals surface area contributed by atoms with Crippen molar-refractivity contribution in [1.29, 1.82) is 0 Å². The number of aromatic hydroxyl groups is 1. The molecule has 0 saturated heterocycles. The van der Waals surface area contributed by atoms with Crippen LogP contribution in [0.4, 0.5) is 17.1 Å². The van der Waals surface area contributed by atoms with E-state index in [1.807, 2.05) is 0 Å². The second-order valence-corrected chi connectivity index (χ2v) is 14.2. The van der Waals surface area contributed by atoms with E-state index >= 15 is 0 Å². The van der Waals surface area contributed by atoms with Gasteiger partial charge in [-0.1, -0.05) is 30.3 Å². The van der Waals surface area contributed by atoms with Gasteiger partial charge in [-0.15, -0.1) is 0 Å². The van der Waals surface area contributed by atoms with Crippen molar-refractivity contribution in [3.63, 3.8) is 0 Å². The molecule has 0 amide bonds. The number of hydrogen-bond acceptors (Lipinski definition) is 11. The minimum Gasteiger partial charge on any atom is -0.504 e. The number of benzene rings is 4. The highest BCUT2D eigenvalue weighted by atomic mass is 32.2. The number of anilines is 1. The van der Waals surface area contributed by atoms with Crippen LogP contribution >= 0.6 is 0 Å². The Bertz CT molecular complexity index is 2190. The number of phenols is 1. The first kappa shape index (κ1) is 33.8. The summed E-state index contributed by atoms with van der Waals surface area (Å²) in [5.74, 6) is -0.0232. The Morgan fingerprint density at radius 3 is 2.04 bits per heavy atom. The Morgan fingerprint density at radius 2 is 1.46 bits per heavy atom. The van der Waals surface area contributed by atoms with Gasteiger partial charge >= 0.3 is 0 Å². The van der Waals surface area contributed by atoms with Crippen LogP contribution in [0.1, 0.15) is 41.6 Å². The maximum atomic E-state index is 14.1. The molecule has 0 aliphatic carbocycles. The average Bonchev–Trinajstić information content (AvgIpc) is 3.49. The summed E-state index contributed by atoms with van der Waals surface area (Å²) in [7, 11) is -8.69. The number of rotatable bonds is 11. The van der Waals surface area contributed by atoms with Crippen molar-refractivity contribution in [3.05, 3.63) is 121 Å². The summed E-state index contributed by atoms with van der Waals surface area (Å²) < 4.78 is 63.2. The molecule has 250 valence electrons. The van der Waals surface area contributed by atoms with Gasteiger partial charge in [0.2, 0.25) is 0 Å². The van der Waals surface area contributed by atoms with E-state index < -0.39 is 41.6 Å². The zero-order valence-electron chi connectivity index (χ0n) is 25.7. The molecule has 1 aliphatic rings. The number of hydrazone groups is 1. The van der Waals surface area contributed by atoms with Gasteiger partial charge in [0, 0.05) is 36.4 Å². The van der Waals surface area contributed by atoms with Gasteiger partial charge in [-0.3, -0.25) is 25.0 Å². The van der Waals surface area contributed by atoms with Gasteiger partial charge in [0.05, 0.1) is 38.0 Å². The number of ether oxygens (including phenoxy) is 1. The number of sulfonamides is 2. The standard InChI is InChI=1S/C31H29N5O10S2/c1-4-46-29-15-22(9-14-28(29)37)27-18-26(32-34(27)48(44,45)31-17-25(36(40)41)13-6-20(31)3)21-7-10-23(11-8-21)33-47(42,43)30-16-24(35(38)39)12-5-19(30)2/h5-17,27,33,37H,4,18H2,1-3H3. The van der Waals surface area contributed by atoms with Crippen LogP contribution in [0.3, 0.4) is 0 Å². The Labute approximate surface area is 275 Å². The van der Waals surface area contributed by atoms with Gasteiger partial charge in [-0.05, 0) is 67.3 Å². The zero-order valence-corrected chi connectivity index (χ0v) is 27.4. The van der Waals surface area contributed by atoms with Crippen LogP contribution in [0.2, 0.25) is 0 Å². The first-order valence-electron chi connectivity index (χ1n) is 14.3. The van der Waals surface area contributed by atoms with E-state index in [1.165, 1.54) is 80.6 Å². The molecule has 17 heteroatoms. The summed E-state index contributed by atoms with van der Waals surface area (Å²) >= 11 is 0. The van der Waals surface area contributed by atoms with Gasteiger partial charge in [-0.2, -0.15) is 17.9 Å². The van der Waals surface area contributed by atoms with E-state index in [1.54, 1.807) is 6.92 Å². The van der Waals surface area contributed by atoms with Crippen LogP contribution in [-0.4, -0.2) is 48.5 Å². The number of nitro groups is 2. The predicted octanol–water partition coefficient (Wildman–Crippen LogP) is 5.56. The first-order chi connectivity index (χ1) is 22.6. The second-order valence-electron chi connectivity index (χ2n) is 10.8. The van der Waals surface area contributed by atoms with Gasteiger partial charge in [0.1, 0.15) is 0 Å². The average molecular weight is 696 g/mol. The number of nitro benzene ring substituents is 2. The largest absolute Gasteiger partial charge is 0.504 e. The van der Waals surface area contributed by atoms with Crippen molar-refractivity contribution in [2.75, 3.05) is 11.3 Å². The number of non-ortho nitro benzene ring substituents is 2. The van der Waals surface area contributed by atoms with Crippen LogP contribution in [0.25, 0.3) is 0 Å². The van der Waals surface area contributed by atoms with E-state index in [0.717, 1.165) is 16.5 Å². The van der Waals surface area contributed by atoms with Crippen molar-refractivity contribution >= 4 is 42.8 Å². The molecule has 0 aromatic heterocycles. The van der Waals surface area contributed by atoms with Gasteiger partial charge < -0.3 is 9.84 Å². The molecular weight excluding hydrogens is 667 g/mol. The highest BCUT2D eigenvalue weighted by molar-refractivity contribution is 7.92. The second kappa shape index (κ2) is 12.9. The third-order valence-corrected chi connectivity index (χ3v) is 10.9. The lowest BCUT2D eigenvalue weighted by Gasteiger charge is -2.24. The summed E-state index contributed by atoms with van der Waals surface area (Å²) in [6, 6.07) is 16.4. The van der Waals surface area contributed by atoms with Crippen LogP contribution in [0, 0.1) is 34.1 Å². The molecule has 15 nitrogen and oxygen atoms in total. The predicted molar refractivity (Wildman–Crippen MR) is 175 cm³/mol. The maximum absolute atomic E-state index is 14.1. The summed E-state index contributed by atoms with van der Waals surface area (Å²) in [6.45, 7) is 4.97. The summed E-state index contributed by atoms with van der Waals surface area (Å²) in [5.41, 5.74) is 1.09. The van der Waals surface area contributed by atoms with Crippen molar-refractivity contribution in [1.82, 2.24) is 4.41 Å². The fraction of sp³-hybridized carbons (Fsp3) is 0.194. The van der Waals surface area contributed by atoms with Crippen molar-refractivity contribution in [3.8, 4) is 11.5 Å². The Balaban J connectivity index is 1.52. The first-order valence-corrected chi connectivity index (χ1v) is 17.3. The SMILES string of the molecule is CCOc1cc(C2CC(c3ccc(NS(=O)(=O)c4cc([N+](=O)[O-])ccc4C)cc3)=NN2S(=O)(=O)c2cc([N+](=O)[O-])ccc2C)ccc1O. The lowest BCUT2D eigenvalue weighted by atomic mass is 9.98. The minimum absolute atomic E-state index is 0.0432. The smallest absolute Gasteiger partial charge is 0.280 e. The molecule has 5 rings (SSSR count). The Kier molecular flexibility index (Phi) is 9.10. The lowest BCUT2D eigenvalue weighted by molar-refractivity contribution is -0.385. The molecule has 0 bridgehead atoms. The van der Waals surface area contributed by atoms with Crippen LogP contribution in [0.5, 0.6) is 11.5 Å². The maximum Gasteiger partial charge on any atom is 0.280 e. The van der Waals surface area contributed by atoms with Gasteiger partial charge in [0.25, 0.3) is 31.4 Å². The molecule has 0 fully saturated rings. The molecule has 4 aromatic rings. The van der Waals surface area contributed by atoms with E-state index in [2.05, 4.69) is 9.82 Å². The number of phenolic OH excluding ortho intramolecular Hbond substituents is 1. The third kappa shape index (κ3) is 6.63. The molecular formula is C31H29N5O10S2. The molecule has 2 N–H and O–H groups in total. The van der Waals surface area contributed by atoms with Gasteiger partial charge in [-0.25, -0.2) is 8.42 Å². The van der Waals surface area contributed by atoms with Crippen LogP contribution in [0.15, 0.2) is 93.8 Å². The van der Waals surface area contributed by atoms with Crippen LogP contribution in [-0.2, 0) is 20.0 Å². The Hall–Kier alpha value is -5.55. The molecule has 48 heavy (non-hydrogen) atoms. The molecule has 0 radical (unpaired) electrons. The monoisotopic (exact) mass is 695 g/mol. The molecule has 4 aromatic carbocycles. The quantitative estimate of drug-likeness (QED) is 0.147. The molecule has 0 saturated carbocycles. The zero-order chi connectivity index (χ0) is 35.0. The Morgan fingerprint density at radius 1 is 0.875 bits per heavy atom. The lowest BCUT2D eigenvalue weighted by Crippen LogP contribution is -2.28. The normalized spacial score (nSPS) is 14.8. The molecule has 0 spiro atoms. The third-order valence-electron chi connectivity index (χ3n) is 7.59.